The van der Waals surface area contributed by atoms with Crippen LogP contribution in [0, 0.1) is 18.6 Å². The largest absolute Gasteiger partial charge is 0.489 e. The van der Waals surface area contributed by atoms with Gasteiger partial charge in [-0.3, -0.25) is 0 Å². The monoisotopic (exact) mass is 263 g/mol. The van der Waals surface area contributed by atoms with Gasteiger partial charge in [0, 0.05) is 12.6 Å². The summed E-state index contributed by atoms with van der Waals surface area (Å²) in [6, 6.07) is 9.34. The molecule has 0 radical (unpaired) electrons. The highest BCUT2D eigenvalue weighted by Gasteiger charge is 2.05. The van der Waals surface area contributed by atoms with Crippen LogP contribution in [0.5, 0.6) is 5.75 Å². The van der Waals surface area contributed by atoms with Gasteiger partial charge >= 0.3 is 0 Å². The smallest absolute Gasteiger partial charge is 0.162 e. The zero-order valence-corrected chi connectivity index (χ0v) is 10.6. The Bertz CT molecular complexity index is 584. The van der Waals surface area contributed by atoms with Crippen LogP contribution in [0.15, 0.2) is 36.4 Å². The number of halogens is 2. The van der Waals surface area contributed by atoms with Crippen molar-refractivity contribution in [2.45, 2.75) is 20.1 Å². The maximum Gasteiger partial charge on any atom is 0.162 e. The maximum absolute atomic E-state index is 13.0. The van der Waals surface area contributed by atoms with Gasteiger partial charge in [-0.1, -0.05) is 18.2 Å². The number of benzene rings is 2. The minimum Gasteiger partial charge on any atom is -0.489 e. The zero-order valence-electron chi connectivity index (χ0n) is 10.6. The fraction of sp³-hybridized carbons (Fsp3) is 0.200. The first kappa shape index (κ1) is 13.5. The summed E-state index contributed by atoms with van der Waals surface area (Å²) in [6.07, 6.45) is 0. The molecule has 4 heteroatoms. The summed E-state index contributed by atoms with van der Waals surface area (Å²) >= 11 is 0. The second kappa shape index (κ2) is 5.80. The Morgan fingerprint density at radius 1 is 1.05 bits per heavy atom. The lowest BCUT2D eigenvalue weighted by Gasteiger charge is -2.10. The summed E-state index contributed by atoms with van der Waals surface area (Å²) in [5.41, 5.74) is 8.65. The molecule has 0 saturated carbocycles. The van der Waals surface area contributed by atoms with Gasteiger partial charge in [0.25, 0.3) is 0 Å². The SMILES string of the molecule is Cc1cc(CN)ccc1COc1ccc(F)c(F)c1. The van der Waals surface area contributed by atoms with Gasteiger partial charge in [0.05, 0.1) is 0 Å². The van der Waals surface area contributed by atoms with Crippen molar-refractivity contribution in [2.75, 3.05) is 0 Å². The van der Waals surface area contributed by atoms with Gasteiger partial charge < -0.3 is 10.5 Å². The van der Waals surface area contributed by atoms with Crippen molar-refractivity contribution in [1.29, 1.82) is 0 Å². The van der Waals surface area contributed by atoms with Crippen molar-refractivity contribution in [3.05, 3.63) is 64.7 Å². The topological polar surface area (TPSA) is 35.2 Å². The Hall–Kier alpha value is -1.94. The molecule has 2 N–H and O–H groups in total. The minimum absolute atomic E-state index is 0.307. The van der Waals surface area contributed by atoms with Gasteiger partial charge in [-0.2, -0.15) is 0 Å². The lowest BCUT2D eigenvalue weighted by atomic mass is 10.1. The summed E-state index contributed by atoms with van der Waals surface area (Å²) < 4.78 is 31.2. The zero-order chi connectivity index (χ0) is 13.8. The van der Waals surface area contributed by atoms with Crippen molar-refractivity contribution in [2.24, 2.45) is 5.73 Å². The van der Waals surface area contributed by atoms with Crippen LogP contribution in [0.2, 0.25) is 0 Å². The lowest BCUT2D eigenvalue weighted by molar-refractivity contribution is 0.302. The summed E-state index contributed by atoms with van der Waals surface area (Å²) in [6.45, 7) is 2.76. The molecule has 0 aliphatic heterocycles. The highest BCUT2D eigenvalue weighted by molar-refractivity contribution is 5.31. The van der Waals surface area contributed by atoms with E-state index < -0.39 is 11.6 Å². The highest BCUT2D eigenvalue weighted by atomic mass is 19.2. The molecule has 19 heavy (non-hydrogen) atoms. The number of rotatable bonds is 4. The van der Waals surface area contributed by atoms with Gasteiger partial charge in [0.1, 0.15) is 12.4 Å². The molecule has 2 aromatic rings. The molecule has 100 valence electrons. The molecular formula is C15H15F2NO. The first-order valence-electron chi connectivity index (χ1n) is 5.96. The average Bonchev–Trinajstić information content (AvgIpc) is 2.41. The van der Waals surface area contributed by atoms with Crippen LogP contribution in [0.25, 0.3) is 0 Å². The van der Waals surface area contributed by atoms with E-state index in [1.165, 1.54) is 6.07 Å². The molecule has 0 unspecified atom stereocenters. The van der Waals surface area contributed by atoms with Crippen LogP contribution in [-0.4, -0.2) is 0 Å². The molecule has 0 saturated heterocycles. The highest BCUT2D eigenvalue weighted by Crippen LogP contribution is 2.18. The van der Waals surface area contributed by atoms with E-state index in [1.54, 1.807) is 0 Å². The van der Waals surface area contributed by atoms with Crippen molar-refractivity contribution in [3.8, 4) is 5.75 Å². The van der Waals surface area contributed by atoms with Crippen molar-refractivity contribution >= 4 is 0 Å². The average molecular weight is 263 g/mol. The Labute approximate surface area is 110 Å². The van der Waals surface area contributed by atoms with E-state index in [1.807, 2.05) is 25.1 Å². The standard InChI is InChI=1S/C15H15F2NO/c1-10-6-11(8-18)2-3-12(10)9-19-13-4-5-14(16)15(17)7-13/h2-7H,8-9,18H2,1H3. The van der Waals surface area contributed by atoms with E-state index in [4.69, 9.17) is 10.5 Å². The Balaban J connectivity index is 2.07. The summed E-state index contributed by atoms with van der Waals surface area (Å²) in [5.74, 6) is -1.48. The third-order valence-electron chi connectivity index (χ3n) is 2.93. The molecular weight excluding hydrogens is 248 g/mol. The van der Waals surface area contributed by atoms with Crippen LogP contribution < -0.4 is 10.5 Å². The number of nitrogens with two attached hydrogens (primary N) is 1. The van der Waals surface area contributed by atoms with Crippen LogP contribution in [-0.2, 0) is 13.2 Å². The third-order valence-corrected chi connectivity index (χ3v) is 2.93. The molecule has 0 aliphatic rings. The first-order valence-corrected chi connectivity index (χ1v) is 5.96. The second-order valence-electron chi connectivity index (χ2n) is 4.33. The summed E-state index contributed by atoms with van der Waals surface area (Å²) in [4.78, 5) is 0. The molecule has 0 aromatic heterocycles. The molecule has 2 aromatic carbocycles. The minimum atomic E-state index is -0.910. The van der Waals surface area contributed by atoms with Crippen LogP contribution in [0.4, 0.5) is 8.78 Å². The van der Waals surface area contributed by atoms with Gasteiger partial charge in [-0.15, -0.1) is 0 Å². The van der Waals surface area contributed by atoms with Gasteiger partial charge in [0.15, 0.2) is 11.6 Å². The third kappa shape index (κ3) is 3.29. The molecule has 0 amide bonds. The van der Waals surface area contributed by atoms with Crippen molar-refractivity contribution in [1.82, 2.24) is 0 Å². The van der Waals surface area contributed by atoms with E-state index in [-0.39, 0.29) is 0 Å². The first-order chi connectivity index (χ1) is 9.10. The second-order valence-corrected chi connectivity index (χ2v) is 4.33. The predicted octanol–water partition coefficient (Wildman–Crippen LogP) is 3.31. The molecule has 0 fully saturated rings. The number of hydrogen-bond donors (Lipinski definition) is 1. The Morgan fingerprint density at radius 3 is 2.47 bits per heavy atom. The van der Waals surface area contributed by atoms with E-state index in [0.29, 0.717) is 18.9 Å². The van der Waals surface area contributed by atoms with E-state index in [0.717, 1.165) is 28.8 Å². The normalized spacial score (nSPS) is 10.5. The van der Waals surface area contributed by atoms with Gasteiger partial charge in [-0.25, -0.2) is 8.78 Å². The molecule has 2 rings (SSSR count). The maximum atomic E-state index is 13.0. The predicted molar refractivity (Wildman–Crippen MR) is 69.8 cm³/mol. The van der Waals surface area contributed by atoms with Crippen LogP contribution in [0.1, 0.15) is 16.7 Å². The quantitative estimate of drug-likeness (QED) is 0.918. The number of hydrogen-bond acceptors (Lipinski definition) is 2. The molecule has 0 heterocycles. The fourth-order valence-electron chi connectivity index (χ4n) is 1.77. The van der Waals surface area contributed by atoms with Crippen LogP contribution in [0.3, 0.4) is 0 Å². The van der Waals surface area contributed by atoms with Gasteiger partial charge in [0.2, 0.25) is 0 Å². The number of ether oxygens (including phenoxy) is 1. The summed E-state index contributed by atoms with van der Waals surface area (Å²) in [5, 5.41) is 0. The molecule has 0 bridgehead atoms. The Morgan fingerprint density at radius 2 is 1.84 bits per heavy atom. The fourth-order valence-corrected chi connectivity index (χ4v) is 1.77. The number of aryl methyl sites for hydroxylation is 1. The summed E-state index contributed by atoms with van der Waals surface area (Å²) in [7, 11) is 0. The van der Waals surface area contributed by atoms with Crippen molar-refractivity contribution < 1.29 is 13.5 Å². The van der Waals surface area contributed by atoms with Crippen molar-refractivity contribution in [3.63, 3.8) is 0 Å². The van der Waals surface area contributed by atoms with Gasteiger partial charge in [-0.05, 0) is 35.7 Å². The Kier molecular flexibility index (Phi) is 4.12. The molecule has 0 spiro atoms. The van der Waals surface area contributed by atoms with E-state index in [2.05, 4.69) is 0 Å². The molecule has 0 atom stereocenters. The molecule has 0 aliphatic carbocycles. The lowest BCUT2D eigenvalue weighted by Crippen LogP contribution is -2.01. The van der Waals surface area contributed by atoms with E-state index >= 15 is 0 Å². The van der Waals surface area contributed by atoms with Crippen LogP contribution >= 0.6 is 0 Å². The molecule has 2 nitrogen and oxygen atoms in total. The van der Waals surface area contributed by atoms with E-state index in [9.17, 15) is 8.78 Å².